The van der Waals surface area contributed by atoms with Crippen molar-refractivity contribution in [3.63, 3.8) is 0 Å². The molecule has 9 aromatic carbocycles. The fourth-order valence-electron chi connectivity index (χ4n) is 10.5. The second-order valence-electron chi connectivity index (χ2n) is 17.8. The first-order chi connectivity index (χ1) is 34.2. The molecule has 4 heterocycles. The Morgan fingerprint density at radius 1 is 0.348 bits per heavy atom. The Morgan fingerprint density at radius 2 is 0.928 bits per heavy atom. The van der Waals surface area contributed by atoms with Crippen LogP contribution < -0.4 is 0 Å². The number of fused-ring (bicyclic) bond motifs is 9. The zero-order chi connectivity index (χ0) is 45.4. The molecular formula is C63H40N4O2. The van der Waals surface area contributed by atoms with E-state index in [-0.39, 0.29) is 0 Å². The number of nitrogens with zero attached hydrogens (tertiary/aromatic N) is 4. The molecule has 69 heavy (non-hydrogen) atoms. The van der Waals surface area contributed by atoms with E-state index in [1.165, 1.54) is 33.0 Å². The van der Waals surface area contributed by atoms with Crippen LogP contribution >= 0.6 is 0 Å². The highest BCUT2D eigenvalue weighted by Crippen LogP contribution is 2.47. The highest BCUT2D eigenvalue weighted by molar-refractivity contribution is 6.19. The molecule has 0 saturated heterocycles. The summed E-state index contributed by atoms with van der Waals surface area (Å²) < 4.78 is 16.6. The molecule has 6 heteroatoms. The van der Waals surface area contributed by atoms with Crippen LogP contribution in [0, 0.1) is 0 Å². The Hall–Kier alpha value is -9.13. The third-order valence-electron chi connectivity index (χ3n) is 13.8. The number of para-hydroxylation sites is 4. The largest absolute Gasteiger partial charge is 0.455 e. The van der Waals surface area contributed by atoms with Gasteiger partial charge in [0.15, 0.2) is 17.5 Å². The highest BCUT2D eigenvalue weighted by atomic mass is 16.3. The van der Waals surface area contributed by atoms with Crippen LogP contribution in [0.5, 0.6) is 0 Å². The van der Waals surface area contributed by atoms with Crippen LogP contribution in [0.4, 0.5) is 0 Å². The van der Waals surface area contributed by atoms with E-state index in [4.69, 9.17) is 23.8 Å². The van der Waals surface area contributed by atoms with Gasteiger partial charge >= 0.3 is 0 Å². The first kappa shape index (κ1) is 39.1. The van der Waals surface area contributed by atoms with Crippen molar-refractivity contribution in [1.29, 1.82) is 0 Å². The van der Waals surface area contributed by atoms with Crippen molar-refractivity contribution in [3.8, 4) is 50.7 Å². The summed E-state index contributed by atoms with van der Waals surface area (Å²) >= 11 is 0. The van der Waals surface area contributed by atoms with Crippen molar-refractivity contribution >= 4 is 76.8 Å². The monoisotopic (exact) mass is 884 g/mol. The van der Waals surface area contributed by atoms with Crippen LogP contribution in [0.2, 0.25) is 0 Å². The molecular weight excluding hydrogens is 845 g/mol. The minimum atomic E-state index is 0.559. The molecule has 0 spiro atoms. The number of aromatic nitrogens is 4. The van der Waals surface area contributed by atoms with Gasteiger partial charge in [-0.1, -0.05) is 176 Å². The molecule has 1 aliphatic carbocycles. The molecule has 0 aliphatic heterocycles. The number of allylic oxidation sites excluding steroid dienone is 4. The Bertz CT molecular complexity index is 4240. The molecule has 0 bridgehead atoms. The van der Waals surface area contributed by atoms with E-state index < -0.39 is 0 Å². The van der Waals surface area contributed by atoms with Crippen molar-refractivity contribution in [2.45, 2.75) is 12.8 Å². The molecule has 0 saturated carbocycles. The van der Waals surface area contributed by atoms with Crippen LogP contribution in [0.25, 0.3) is 128 Å². The van der Waals surface area contributed by atoms with Crippen LogP contribution in [-0.2, 0) is 0 Å². The summed E-state index contributed by atoms with van der Waals surface area (Å²) in [5, 5.41) is 6.42. The fraction of sp³-hybridized carbons (Fsp3) is 0.0317. The predicted molar refractivity (Wildman–Crippen MR) is 282 cm³/mol. The summed E-state index contributed by atoms with van der Waals surface area (Å²) in [5.41, 5.74) is 15.9. The standard InChI is InChI=1S/C63H40N4O2/c1-4-16-39(17-5-1)41-30-32-43(33-31-41)62-64-61(42-20-8-3-9-21-42)65-63(66-62)51-27-15-25-48-47-24-14-26-50(58(47)69-59(48)51)57-55(37-35-49-46-23-11-13-29-56(46)68-60(49)57)67-53-28-12-10-22-45(53)52-38-44(34-36-54(52)67)40-18-6-2-7-19-40/h1-30,32,34-38H,31,33H2. The zero-order valence-corrected chi connectivity index (χ0v) is 37.3. The summed E-state index contributed by atoms with van der Waals surface area (Å²) in [6, 6.07) is 72.3. The number of benzene rings is 9. The summed E-state index contributed by atoms with van der Waals surface area (Å²) in [7, 11) is 0. The predicted octanol–water partition coefficient (Wildman–Crippen LogP) is 16.7. The van der Waals surface area contributed by atoms with Crippen molar-refractivity contribution in [1.82, 2.24) is 19.5 Å². The molecule has 0 fully saturated rings. The summed E-state index contributed by atoms with van der Waals surface area (Å²) in [6.07, 6.45) is 6.08. The molecule has 0 N–H and O–H groups in total. The number of furan rings is 2. The van der Waals surface area contributed by atoms with Gasteiger partial charge in [0.25, 0.3) is 0 Å². The summed E-state index contributed by atoms with van der Waals surface area (Å²) in [6.45, 7) is 0. The van der Waals surface area contributed by atoms with Crippen molar-refractivity contribution in [2.24, 2.45) is 0 Å². The van der Waals surface area contributed by atoms with Crippen molar-refractivity contribution in [2.75, 3.05) is 0 Å². The van der Waals surface area contributed by atoms with Crippen LogP contribution in [0.3, 0.4) is 0 Å². The lowest BCUT2D eigenvalue weighted by atomic mass is 9.93. The SMILES string of the molecule is C1=C(c2ccccc2)CCC(c2nc(-c3ccccc3)nc(-c3cccc4c3oc3c(-c5c(-n6c7ccccc7c7cc(-c8ccccc8)ccc76)ccc6c5oc5ccccc56)cccc34)n2)=C1. The maximum atomic E-state index is 7.28. The maximum Gasteiger partial charge on any atom is 0.167 e. The van der Waals surface area contributed by atoms with Gasteiger partial charge < -0.3 is 13.4 Å². The van der Waals surface area contributed by atoms with Crippen LogP contribution in [-0.4, -0.2) is 19.5 Å². The third-order valence-corrected chi connectivity index (χ3v) is 13.8. The van der Waals surface area contributed by atoms with E-state index in [0.29, 0.717) is 23.1 Å². The molecule has 324 valence electrons. The van der Waals surface area contributed by atoms with E-state index in [1.54, 1.807) is 0 Å². The lowest BCUT2D eigenvalue weighted by molar-refractivity contribution is 0.665. The van der Waals surface area contributed by atoms with E-state index in [1.807, 2.05) is 30.3 Å². The van der Waals surface area contributed by atoms with Gasteiger partial charge in [0.1, 0.15) is 22.3 Å². The quantitative estimate of drug-likeness (QED) is 0.159. The van der Waals surface area contributed by atoms with Crippen molar-refractivity contribution < 1.29 is 8.83 Å². The summed E-state index contributed by atoms with van der Waals surface area (Å²) in [5.74, 6) is 1.84. The average molecular weight is 885 g/mol. The molecule has 6 nitrogen and oxygen atoms in total. The van der Waals surface area contributed by atoms with E-state index in [9.17, 15) is 0 Å². The first-order valence-electron chi connectivity index (χ1n) is 23.5. The topological polar surface area (TPSA) is 69.9 Å². The zero-order valence-electron chi connectivity index (χ0n) is 37.3. The third kappa shape index (κ3) is 6.37. The van der Waals surface area contributed by atoms with Gasteiger partial charge in [-0.05, 0) is 83.1 Å². The van der Waals surface area contributed by atoms with Crippen molar-refractivity contribution in [3.05, 3.63) is 230 Å². The van der Waals surface area contributed by atoms with E-state index in [0.717, 1.165) is 95.7 Å². The number of hydrogen-bond donors (Lipinski definition) is 0. The Morgan fingerprint density at radius 3 is 1.70 bits per heavy atom. The van der Waals surface area contributed by atoms with Gasteiger partial charge in [0.2, 0.25) is 0 Å². The molecule has 4 aromatic heterocycles. The highest BCUT2D eigenvalue weighted by Gasteiger charge is 2.26. The maximum absolute atomic E-state index is 7.28. The van der Waals surface area contributed by atoms with Crippen LogP contribution in [0.1, 0.15) is 24.2 Å². The number of rotatable bonds is 7. The molecule has 13 aromatic rings. The molecule has 1 aliphatic rings. The first-order valence-corrected chi connectivity index (χ1v) is 23.5. The van der Waals surface area contributed by atoms with E-state index in [2.05, 4.69) is 193 Å². The minimum Gasteiger partial charge on any atom is -0.455 e. The lowest BCUT2D eigenvalue weighted by Crippen LogP contribution is -2.04. The van der Waals surface area contributed by atoms with Gasteiger partial charge in [-0.25, -0.2) is 15.0 Å². The van der Waals surface area contributed by atoms with Gasteiger partial charge in [-0.2, -0.15) is 0 Å². The second-order valence-corrected chi connectivity index (χ2v) is 17.8. The van der Waals surface area contributed by atoms with E-state index >= 15 is 0 Å². The Kier molecular flexibility index (Phi) is 8.92. The molecule has 0 radical (unpaired) electrons. The normalized spacial score (nSPS) is 13.0. The van der Waals surface area contributed by atoms with Crippen LogP contribution in [0.15, 0.2) is 227 Å². The molecule has 14 rings (SSSR count). The summed E-state index contributed by atoms with van der Waals surface area (Å²) in [4.78, 5) is 15.5. The Labute approximate surface area is 396 Å². The van der Waals surface area contributed by atoms with Gasteiger partial charge in [0, 0.05) is 43.4 Å². The smallest absolute Gasteiger partial charge is 0.167 e. The number of hydrogen-bond acceptors (Lipinski definition) is 5. The minimum absolute atomic E-state index is 0.559. The van der Waals surface area contributed by atoms with Gasteiger partial charge in [0.05, 0.1) is 27.8 Å². The molecule has 0 atom stereocenters. The fourth-order valence-corrected chi connectivity index (χ4v) is 10.5. The molecule has 0 amide bonds. The lowest BCUT2D eigenvalue weighted by Gasteiger charge is -2.15. The van der Waals surface area contributed by atoms with Gasteiger partial charge in [-0.3, -0.25) is 0 Å². The Balaban J connectivity index is 0.996. The second kappa shape index (κ2) is 15.8. The molecule has 0 unspecified atom stereocenters. The average Bonchev–Trinajstić information content (AvgIpc) is 4.11. The van der Waals surface area contributed by atoms with Gasteiger partial charge in [-0.15, -0.1) is 0 Å².